The zero-order chi connectivity index (χ0) is 12.1. The Balaban J connectivity index is 4.37. The second-order valence-corrected chi connectivity index (χ2v) is 3.81. The van der Waals surface area contributed by atoms with Gasteiger partial charge in [0, 0.05) is 12.8 Å². The third-order valence-corrected chi connectivity index (χ3v) is 1.21. The summed E-state index contributed by atoms with van der Waals surface area (Å²) >= 11 is 0. The Morgan fingerprint density at radius 2 is 1.80 bits per heavy atom. The fourth-order valence-corrected chi connectivity index (χ4v) is 0.830. The second-order valence-electron chi connectivity index (χ2n) is 3.81. The highest BCUT2D eigenvalue weighted by molar-refractivity contribution is 5.88. The number of carbonyl (C=O) groups excluding carboxylic acids is 2. The molecule has 0 aromatic carbocycles. The predicted octanol–water partition coefficient (Wildman–Crippen LogP) is 1.28. The van der Waals surface area contributed by atoms with Crippen molar-refractivity contribution in [1.29, 1.82) is 0 Å². The van der Waals surface area contributed by atoms with Gasteiger partial charge in [-0.3, -0.25) is 4.79 Å². The van der Waals surface area contributed by atoms with Crippen LogP contribution in [0.15, 0.2) is 0 Å². The van der Waals surface area contributed by atoms with Gasteiger partial charge in [-0.05, 0) is 33.6 Å². The zero-order valence-electron chi connectivity index (χ0n) is 9.71. The van der Waals surface area contributed by atoms with Crippen LogP contribution in [-0.2, 0) is 19.1 Å². The maximum atomic E-state index is 11.0. The fraction of sp³-hybridized carbons (Fsp3) is 0.636. The van der Waals surface area contributed by atoms with Gasteiger partial charge in [0.05, 0.1) is 6.10 Å². The van der Waals surface area contributed by atoms with Gasteiger partial charge < -0.3 is 9.47 Å². The molecule has 0 N–H and O–H groups in total. The number of hydrogen-bond acceptors (Lipinski definition) is 4. The highest BCUT2D eigenvalue weighted by atomic mass is 16.6. The summed E-state index contributed by atoms with van der Waals surface area (Å²) in [6.45, 7) is 7.96. The monoisotopic (exact) mass is 212 g/mol. The second kappa shape index (κ2) is 5.40. The van der Waals surface area contributed by atoms with E-state index in [0.717, 1.165) is 0 Å². The lowest BCUT2D eigenvalue weighted by Gasteiger charge is -2.16. The summed E-state index contributed by atoms with van der Waals surface area (Å²) in [5, 5.41) is 0. The highest BCUT2D eigenvalue weighted by Gasteiger charge is 2.17. The van der Waals surface area contributed by atoms with E-state index in [2.05, 4.69) is 11.8 Å². The van der Waals surface area contributed by atoms with Crippen molar-refractivity contribution in [3.63, 3.8) is 0 Å². The number of ether oxygens (including phenoxy) is 2. The Bertz CT molecular complexity index is 304. The van der Waals surface area contributed by atoms with Crippen molar-refractivity contribution in [2.75, 3.05) is 0 Å². The summed E-state index contributed by atoms with van der Waals surface area (Å²) in [5.74, 6) is 3.74. The smallest absolute Gasteiger partial charge is 0.384 e. The zero-order valence-corrected chi connectivity index (χ0v) is 9.71. The molecule has 0 aromatic heterocycles. The summed E-state index contributed by atoms with van der Waals surface area (Å²) in [6, 6.07) is 0. The molecule has 0 saturated heterocycles. The van der Waals surface area contributed by atoms with Crippen LogP contribution in [0.2, 0.25) is 0 Å². The molecule has 4 nitrogen and oxygen atoms in total. The largest absolute Gasteiger partial charge is 0.453 e. The van der Waals surface area contributed by atoms with Crippen LogP contribution in [0, 0.1) is 11.8 Å². The van der Waals surface area contributed by atoms with E-state index >= 15 is 0 Å². The van der Waals surface area contributed by atoms with E-state index < -0.39 is 17.5 Å². The van der Waals surface area contributed by atoms with E-state index in [1.807, 2.05) is 0 Å². The van der Waals surface area contributed by atoms with Crippen molar-refractivity contribution in [1.82, 2.24) is 0 Å². The van der Waals surface area contributed by atoms with Crippen molar-refractivity contribution in [3.05, 3.63) is 0 Å². The van der Waals surface area contributed by atoms with E-state index in [1.54, 1.807) is 27.7 Å². The topological polar surface area (TPSA) is 52.6 Å². The first kappa shape index (κ1) is 13.5. The third kappa shape index (κ3) is 7.56. The third-order valence-electron chi connectivity index (χ3n) is 1.21. The van der Waals surface area contributed by atoms with Crippen LogP contribution in [-0.4, -0.2) is 23.6 Å². The average Bonchev–Trinajstić information content (AvgIpc) is 1.97. The average molecular weight is 212 g/mol. The van der Waals surface area contributed by atoms with Gasteiger partial charge in [-0.1, -0.05) is 0 Å². The molecule has 0 aliphatic rings. The quantitative estimate of drug-likeness (QED) is 0.393. The van der Waals surface area contributed by atoms with Crippen LogP contribution in [0.4, 0.5) is 0 Å². The van der Waals surface area contributed by atoms with Gasteiger partial charge in [0.2, 0.25) is 0 Å². The number of hydrogen-bond donors (Lipinski definition) is 0. The first-order valence-electron chi connectivity index (χ1n) is 4.66. The predicted molar refractivity (Wildman–Crippen MR) is 54.8 cm³/mol. The Morgan fingerprint density at radius 3 is 2.20 bits per heavy atom. The molecule has 0 saturated carbocycles. The molecule has 0 heterocycles. The van der Waals surface area contributed by atoms with Gasteiger partial charge >= 0.3 is 11.9 Å². The van der Waals surface area contributed by atoms with E-state index in [9.17, 15) is 9.59 Å². The van der Waals surface area contributed by atoms with Crippen molar-refractivity contribution in [2.24, 2.45) is 0 Å². The molecule has 0 fully saturated rings. The molecule has 0 spiro atoms. The van der Waals surface area contributed by atoms with Gasteiger partial charge in [0.15, 0.2) is 5.60 Å². The van der Waals surface area contributed by atoms with Crippen molar-refractivity contribution in [3.8, 4) is 11.8 Å². The molecule has 0 bridgehead atoms. The van der Waals surface area contributed by atoms with E-state index in [-0.39, 0.29) is 6.10 Å². The lowest BCUT2D eigenvalue weighted by atomic mass is 10.1. The van der Waals surface area contributed by atoms with Crippen molar-refractivity contribution in [2.45, 2.75) is 46.3 Å². The number of carbonyl (C=O) groups is 2. The Labute approximate surface area is 89.9 Å². The van der Waals surface area contributed by atoms with Crippen LogP contribution < -0.4 is 0 Å². The molecule has 15 heavy (non-hydrogen) atoms. The Kier molecular flexibility index (Phi) is 4.86. The lowest BCUT2D eigenvalue weighted by molar-refractivity contribution is -0.149. The molecular formula is C11H16O4. The van der Waals surface area contributed by atoms with Crippen LogP contribution in [0.1, 0.15) is 34.6 Å². The SMILES string of the molecule is CC(=O)OC(C)(C)C#CC(=O)OC(C)C. The molecule has 0 radical (unpaired) electrons. The van der Waals surface area contributed by atoms with Gasteiger partial charge in [0.25, 0.3) is 0 Å². The van der Waals surface area contributed by atoms with Crippen LogP contribution in [0.5, 0.6) is 0 Å². The molecule has 0 amide bonds. The van der Waals surface area contributed by atoms with Crippen molar-refractivity contribution < 1.29 is 19.1 Å². The lowest BCUT2D eigenvalue weighted by Crippen LogP contribution is -2.25. The van der Waals surface area contributed by atoms with Gasteiger partial charge in [-0.15, -0.1) is 0 Å². The number of rotatable bonds is 2. The molecule has 0 rings (SSSR count). The Hall–Kier alpha value is -1.50. The van der Waals surface area contributed by atoms with E-state index in [0.29, 0.717) is 0 Å². The molecule has 0 atom stereocenters. The van der Waals surface area contributed by atoms with Gasteiger partial charge in [-0.2, -0.15) is 0 Å². The van der Waals surface area contributed by atoms with E-state index in [1.165, 1.54) is 6.92 Å². The summed E-state index contributed by atoms with van der Waals surface area (Å²) in [5.41, 5.74) is -0.970. The minimum absolute atomic E-state index is 0.205. The summed E-state index contributed by atoms with van der Waals surface area (Å²) in [4.78, 5) is 21.7. The normalized spacial score (nSPS) is 10.3. The van der Waals surface area contributed by atoms with Crippen molar-refractivity contribution >= 4 is 11.9 Å². The first-order chi connectivity index (χ1) is 6.73. The maximum absolute atomic E-state index is 11.0. The molecule has 0 aliphatic carbocycles. The summed E-state index contributed by atoms with van der Waals surface area (Å²) < 4.78 is 9.67. The molecular weight excluding hydrogens is 196 g/mol. The molecule has 84 valence electrons. The first-order valence-corrected chi connectivity index (χ1v) is 4.66. The van der Waals surface area contributed by atoms with Crippen LogP contribution >= 0.6 is 0 Å². The highest BCUT2D eigenvalue weighted by Crippen LogP contribution is 2.07. The van der Waals surface area contributed by atoms with Crippen LogP contribution in [0.25, 0.3) is 0 Å². The maximum Gasteiger partial charge on any atom is 0.384 e. The Morgan fingerprint density at radius 1 is 1.27 bits per heavy atom. The number of esters is 2. The van der Waals surface area contributed by atoms with E-state index in [4.69, 9.17) is 9.47 Å². The minimum atomic E-state index is -0.970. The molecule has 0 aliphatic heterocycles. The van der Waals surface area contributed by atoms with Crippen LogP contribution in [0.3, 0.4) is 0 Å². The molecule has 0 aromatic rings. The minimum Gasteiger partial charge on any atom is -0.453 e. The fourth-order valence-electron chi connectivity index (χ4n) is 0.830. The standard InChI is InChI=1S/C11H16O4/c1-8(2)14-10(13)6-7-11(4,5)15-9(3)12/h8H,1-5H3. The van der Waals surface area contributed by atoms with Gasteiger partial charge in [-0.25, -0.2) is 4.79 Å². The summed E-state index contributed by atoms with van der Waals surface area (Å²) in [6.07, 6.45) is -0.205. The van der Waals surface area contributed by atoms with Gasteiger partial charge in [0.1, 0.15) is 0 Å². The molecule has 0 unspecified atom stereocenters. The molecule has 4 heteroatoms. The summed E-state index contributed by atoms with van der Waals surface area (Å²) in [7, 11) is 0.